The molecule has 1 saturated carbocycles. The summed E-state index contributed by atoms with van der Waals surface area (Å²) in [6, 6.07) is 0.349. The Balaban J connectivity index is 1.84. The first-order valence-electron chi connectivity index (χ1n) is 6.01. The summed E-state index contributed by atoms with van der Waals surface area (Å²) in [5.74, 6) is -4.21. The fourth-order valence-corrected chi connectivity index (χ4v) is 2.78. The van der Waals surface area contributed by atoms with Gasteiger partial charge in [-0.2, -0.15) is 13.2 Å². The third kappa shape index (κ3) is 2.10. The van der Waals surface area contributed by atoms with Crippen LogP contribution < -0.4 is 4.90 Å². The molecule has 1 aromatic rings. The van der Waals surface area contributed by atoms with Crippen LogP contribution in [0.15, 0.2) is 12.3 Å². The second kappa shape index (κ2) is 3.79. The van der Waals surface area contributed by atoms with Gasteiger partial charge in [0.05, 0.1) is 11.1 Å². The SMILES string of the molecule is Fc1cc(C(F)(F)F)cnc1N1CC12CCC(F)(F)C2. The molecule has 2 heterocycles. The van der Waals surface area contributed by atoms with Crippen LogP contribution in [-0.4, -0.2) is 23.0 Å². The monoisotopic (exact) mass is 296 g/mol. The van der Waals surface area contributed by atoms with Gasteiger partial charge in [-0.05, 0) is 12.5 Å². The minimum absolute atomic E-state index is 0.197. The highest BCUT2D eigenvalue weighted by molar-refractivity contribution is 5.55. The van der Waals surface area contributed by atoms with E-state index in [0.29, 0.717) is 12.3 Å². The molecule has 1 aliphatic carbocycles. The Bertz CT molecular complexity index is 555. The van der Waals surface area contributed by atoms with E-state index < -0.39 is 35.4 Å². The largest absolute Gasteiger partial charge is 0.417 e. The number of anilines is 1. The van der Waals surface area contributed by atoms with Gasteiger partial charge in [0.25, 0.3) is 5.92 Å². The van der Waals surface area contributed by atoms with Crippen molar-refractivity contribution in [3.63, 3.8) is 0 Å². The minimum atomic E-state index is -4.68. The molecule has 1 aliphatic heterocycles. The van der Waals surface area contributed by atoms with Crippen LogP contribution >= 0.6 is 0 Å². The highest BCUT2D eigenvalue weighted by Crippen LogP contribution is 2.54. The summed E-state index contributed by atoms with van der Waals surface area (Å²) in [6.45, 7) is 0.206. The molecule has 0 bridgehead atoms. The zero-order valence-electron chi connectivity index (χ0n) is 10.1. The Morgan fingerprint density at radius 3 is 2.40 bits per heavy atom. The number of aromatic nitrogens is 1. The molecular weight excluding hydrogens is 286 g/mol. The fraction of sp³-hybridized carbons (Fsp3) is 0.583. The summed E-state index contributed by atoms with van der Waals surface area (Å²) in [6.07, 6.45) is -4.64. The van der Waals surface area contributed by atoms with Crippen molar-refractivity contribution in [2.75, 3.05) is 11.4 Å². The number of nitrogens with zero attached hydrogens (tertiary/aromatic N) is 2. The molecular formula is C12H10F6N2. The van der Waals surface area contributed by atoms with Gasteiger partial charge in [0, 0.05) is 25.6 Å². The minimum Gasteiger partial charge on any atom is -0.344 e. The van der Waals surface area contributed by atoms with Gasteiger partial charge in [-0.1, -0.05) is 0 Å². The van der Waals surface area contributed by atoms with Crippen molar-refractivity contribution in [1.29, 1.82) is 0 Å². The predicted molar refractivity (Wildman–Crippen MR) is 58.1 cm³/mol. The van der Waals surface area contributed by atoms with E-state index in [4.69, 9.17) is 0 Å². The molecule has 1 unspecified atom stereocenters. The maximum absolute atomic E-state index is 13.7. The van der Waals surface area contributed by atoms with Crippen LogP contribution in [0, 0.1) is 5.82 Å². The van der Waals surface area contributed by atoms with E-state index in [0.717, 1.165) is 0 Å². The van der Waals surface area contributed by atoms with E-state index in [1.807, 2.05) is 0 Å². The van der Waals surface area contributed by atoms with E-state index in [1.165, 1.54) is 4.90 Å². The lowest BCUT2D eigenvalue weighted by molar-refractivity contribution is -0.138. The maximum Gasteiger partial charge on any atom is 0.417 e. The number of rotatable bonds is 1. The van der Waals surface area contributed by atoms with Crippen LogP contribution in [0.4, 0.5) is 32.2 Å². The zero-order chi connectivity index (χ0) is 14.8. The first-order chi connectivity index (χ1) is 9.13. The maximum atomic E-state index is 13.7. The highest BCUT2D eigenvalue weighted by atomic mass is 19.4. The summed E-state index contributed by atoms with van der Waals surface area (Å²) in [5, 5.41) is 0. The lowest BCUT2D eigenvalue weighted by Gasteiger charge is -2.14. The van der Waals surface area contributed by atoms with E-state index in [1.54, 1.807) is 0 Å². The topological polar surface area (TPSA) is 15.9 Å². The summed E-state index contributed by atoms with van der Waals surface area (Å²) in [5.41, 5.74) is -2.02. The van der Waals surface area contributed by atoms with Crippen molar-refractivity contribution in [2.24, 2.45) is 0 Å². The van der Waals surface area contributed by atoms with Crippen LogP contribution in [-0.2, 0) is 6.18 Å². The molecule has 0 aromatic carbocycles. The zero-order valence-corrected chi connectivity index (χ0v) is 10.1. The normalized spacial score (nSPS) is 28.2. The lowest BCUT2D eigenvalue weighted by atomic mass is 10.1. The first kappa shape index (κ1) is 13.5. The fourth-order valence-electron chi connectivity index (χ4n) is 2.78. The number of halogens is 6. The molecule has 0 radical (unpaired) electrons. The van der Waals surface area contributed by atoms with Crippen LogP contribution in [0.2, 0.25) is 0 Å². The number of alkyl halides is 5. The first-order valence-corrected chi connectivity index (χ1v) is 6.01. The van der Waals surface area contributed by atoms with Gasteiger partial charge >= 0.3 is 6.18 Å². The van der Waals surface area contributed by atoms with Crippen molar-refractivity contribution < 1.29 is 26.3 Å². The molecule has 0 amide bonds. The summed E-state index contributed by atoms with van der Waals surface area (Å²) in [7, 11) is 0. The van der Waals surface area contributed by atoms with Crippen LogP contribution in [0.1, 0.15) is 24.8 Å². The highest BCUT2D eigenvalue weighted by Gasteiger charge is 2.63. The Kier molecular flexibility index (Phi) is 2.56. The molecule has 8 heteroatoms. The summed E-state index contributed by atoms with van der Waals surface area (Å²) >= 11 is 0. The molecule has 2 fully saturated rings. The van der Waals surface area contributed by atoms with Crippen molar-refractivity contribution >= 4 is 5.82 Å². The van der Waals surface area contributed by atoms with Crippen LogP contribution in [0.25, 0.3) is 0 Å². The molecule has 20 heavy (non-hydrogen) atoms. The smallest absolute Gasteiger partial charge is 0.344 e. The second-order valence-corrected chi connectivity index (χ2v) is 5.37. The van der Waals surface area contributed by atoms with E-state index in [9.17, 15) is 26.3 Å². The molecule has 1 atom stereocenters. The Morgan fingerprint density at radius 1 is 1.20 bits per heavy atom. The van der Waals surface area contributed by atoms with Gasteiger partial charge in [-0.15, -0.1) is 0 Å². The molecule has 1 saturated heterocycles. The van der Waals surface area contributed by atoms with Crippen molar-refractivity contribution in [2.45, 2.75) is 36.9 Å². The molecule has 2 nitrogen and oxygen atoms in total. The molecule has 2 aliphatic rings. The Hall–Kier alpha value is -1.47. The molecule has 3 rings (SSSR count). The van der Waals surface area contributed by atoms with E-state index >= 15 is 0 Å². The van der Waals surface area contributed by atoms with Crippen LogP contribution in [0.3, 0.4) is 0 Å². The molecule has 1 spiro atoms. The second-order valence-electron chi connectivity index (χ2n) is 5.37. The van der Waals surface area contributed by atoms with Gasteiger partial charge in [-0.25, -0.2) is 18.2 Å². The van der Waals surface area contributed by atoms with Gasteiger partial charge in [0.1, 0.15) is 0 Å². The van der Waals surface area contributed by atoms with Gasteiger partial charge < -0.3 is 4.90 Å². The Morgan fingerprint density at radius 2 is 1.90 bits per heavy atom. The summed E-state index contributed by atoms with van der Waals surface area (Å²) in [4.78, 5) is 4.78. The number of hydrogen-bond acceptors (Lipinski definition) is 2. The number of pyridine rings is 1. The van der Waals surface area contributed by atoms with E-state index in [-0.39, 0.29) is 25.2 Å². The average molecular weight is 296 g/mol. The van der Waals surface area contributed by atoms with Crippen molar-refractivity contribution in [1.82, 2.24) is 4.98 Å². The van der Waals surface area contributed by atoms with E-state index in [2.05, 4.69) is 4.98 Å². The van der Waals surface area contributed by atoms with Crippen molar-refractivity contribution in [3.05, 3.63) is 23.6 Å². The van der Waals surface area contributed by atoms with Crippen LogP contribution in [0.5, 0.6) is 0 Å². The lowest BCUT2D eigenvalue weighted by Crippen LogP contribution is -2.19. The third-order valence-corrected chi connectivity index (χ3v) is 3.87. The molecule has 110 valence electrons. The number of hydrogen-bond donors (Lipinski definition) is 0. The van der Waals surface area contributed by atoms with Gasteiger partial charge in [0.15, 0.2) is 11.6 Å². The molecule has 1 aromatic heterocycles. The standard InChI is InChI=1S/C12H10F6N2/c13-8-3-7(12(16,17)18)4-19-9(8)20-6-10(20)1-2-11(14,15)5-10/h3-4H,1-2,5-6H2. The quantitative estimate of drug-likeness (QED) is 0.581. The van der Waals surface area contributed by atoms with Crippen molar-refractivity contribution in [3.8, 4) is 0 Å². The predicted octanol–water partition coefficient (Wildman–Crippen LogP) is 3.62. The Labute approximate surface area is 110 Å². The molecule has 0 N–H and O–H groups in total. The van der Waals surface area contributed by atoms with Gasteiger partial charge in [0.2, 0.25) is 0 Å². The average Bonchev–Trinajstić information content (AvgIpc) is 2.89. The summed E-state index contributed by atoms with van der Waals surface area (Å²) < 4.78 is 77.3. The third-order valence-electron chi connectivity index (χ3n) is 3.87. The van der Waals surface area contributed by atoms with Gasteiger partial charge in [-0.3, -0.25) is 0 Å².